The van der Waals surface area contributed by atoms with E-state index in [1.807, 2.05) is 0 Å². The van der Waals surface area contributed by atoms with Crippen molar-refractivity contribution >= 4 is 34.8 Å². The quantitative estimate of drug-likeness (QED) is 0.173. The summed E-state index contributed by atoms with van der Waals surface area (Å²) in [5, 5.41) is 31.2. The molecule has 0 bridgehead atoms. The standard InChI is InChI=1S/C25H18N2O8/c28-20(29)14-35-19-11-9-17(10-12-19)26-22(16-7-4-8-18(13-16)27(33)34)21(24(31)25(26)32)23(30)15-5-2-1-3-6-15/h1-13,22,30H,14H2,(H,28,29). The van der Waals surface area contributed by atoms with Gasteiger partial charge in [0.1, 0.15) is 11.5 Å². The Balaban J connectivity index is 1.86. The van der Waals surface area contributed by atoms with Crippen LogP contribution in [0, 0.1) is 10.1 Å². The summed E-state index contributed by atoms with van der Waals surface area (Å²) in [6.45, 7) is -0.561. The Bertz CT molecular complexity index is 1350. The van der Waals surface area contributed by atoms with E-state index in [1.165, 1.54) is 48.5 Å². The number of nitro benzene ring substituents is 1. The maximum atomic E-state index is 13.1. The Morgan fingerprint density at radius 2 is 1.66 bits per heavy atom. The first kappa shape index (κ1) is 23.2. The SMILES string of the molecule is O=C(O)COc1ccc(N2C(=O)C(=O)C(=C(O)c3ccccc3)C2c2cccc([N+](=O)[O-])c2)cc1. The number of carbonyl (C=O) groups is 3. The van der Waals surface area contributed by atoms with Gasteiger partial charge in [-0.1, -0.05) is 42.5 Å². The molecule has 35 heavy (non-hydrogen) atoms. The van der Waals surface area contributed by atoms with Crippen molar-refractivity contribution < 1.29 is 34.3 Å². The first-order valence-electron chi connectivity index (χ1n) is 10.3. The highest BCUT2D eigenvalue weighted by Crippen LogP contribution is 2.43. The number of aliphatic hydroxyl groups is 1. The summed E-state index contributed by atoms with van der Waals surface area (Å²) in [4.78, 5) is 48.9. The highest BCUT2D eigenvalue weighted by molar-refractivity contribution is 6.51. The van der Waals surface area contributed by atoms with Crippen LogP contribution in [0.1, 0.15) is 17.2 Å². The van der Waals surface area contributed by atoms with Gasteiger partial charge in [0.05, 0.1) is 16.5 Å². The average Bonchev–Trinajstić information content (AvgIpc) is 3.13. The van der Waals surface area contributed by atoms with Crippen LogP contribution in [0.5, 0.6) is 5.75 Å². The van der Waals surface area contributed by atoms with Gasteiger partial charge in [-0.25, -0.2) is 4.79 Å². The Morgan fingerprint density at radius 3 is 2.29 bits per heavy atom. The molecule has 1 amide bonds. The lowest BCUT2D eigenvalue weighted by atomic mass is 9.95. The van der Waals surface area contributed by atoms with Gasteiger partial charge in [0.25, 0.3) is 17.4 Å². The van der Waals surface area contributed by atoms with Gasteiger partial charge in [0.2, 0.25) is 0 Å². The van der Waals surface area contributed by atoms with Crippen LogP contribution < -0.4 is 9.64 Å². The summed E-state index contributed by atoms with van der Waals surface area (Å²) >= 11 is 0. The van der Waals surface area contributed by atoms with Gasteiger partial charge >= 0.3 is 5.97 Å². The second kappa shape index (κ2) is 9.48. The second-order valence-corrected chi connectivity index (χ2v) is 7.56. The summed E-state index contributed by atoms with van der Waals surface area (Å²) in [6.07, 6.45) is 0. The van der Waals surface area contributed by atoms with Crippen molar-refractivity contribution in [1.82, 2.24) is 0 Å². The van der Waals surface area contributed by atoms with E-state index in [0.717, 1.165) is 4.90 Å². The van der Waals surface area contributed by atoms with Gasteiger partial charge in [-0.15, -0.1) is 0 Å². The minimum absolute atomic E-state index is 0.215. The molecular weight excluding hydrogens is 456 g/mol. The van der Waals surface area contributed by atoms with E-state index in [9.17, 15) is 29.6 Å². The number of carboxylic acid groups (broad SMARTS) is 1. The van der Waals surface area contributed by atoms with Crippen LogP contribution >= 0.6 is 0 Å². The number of nitrogens with zero attached hydrogens (tertiary/aromatic N) is 2. The van der Waals surface area contributed by atoms with Gasteiger partial charge in [-0.2, -0.15) is 0 Å². The number of hydrogen-bond acceptors (Lipinski definition) is 7. The van der Waals surface area contributed by atoms with Gasteiger partial charge in [-0.05, 0) is 29.8 Å². The van der Waals surface area contributed by atoms with Crippen LogP contribution in [-0.4, -0.2) is 39.4 Å². The highest BCUT2D eigenvalue weighted by atomic mass is 16.6. The number of non-ortho nitro benzene ring substituents is 1. The maximum absolute atomic E-state index is 13.1. The van der Waals surface area contributed by atoms with Crippen LogP contribution in [-0.2, 0) is 14.4 Å². The van der Waals surface area contributed by atoms with Crippen molar-refractivity contribution in [2.45, 2.75) is 6.04 Å². The predicted octanol–water partition coefficient (Wildman–Crippen LogP) is 3.68. The number of carbonyl (C=O) groups excluding carboxylic acids is 2. The molecule has 1 aliphatic heterocycles. The predicted molar refractivity (Wildman–Crippen MR) is 124 cm³/mol. The number of aliphatic carboxylic acids is 1. The van der Waals surface area contributed by atoms with E-state index in [-0.39, 0.29) is 28.3 Å². The van der Waals surface area contributed by atoms with E-state index in [0.29, 0.717) is 5.56 Å². The van der Waals surface area contributed by atoms with Crippen molar-refractivity contribution in [3.8, 4) is 5.75 Å². The molecule has 176 valence electrons. The molecule has 0 aliphatic carbocycles. The smallest absolute Gasteiger partial charge is 0.341 e. The third-order valence-electron chi connectivity index (χ3n) is 5.37. The molecule has 1 saturated heterocycles. The summed E-state index contributed by atoms with van der Waals surface area (Å²) in [7, 11) is 0. The van der Waals surface area contributed by atoms with Gasteiger partial charge < -0.3 is 14.9 Å². The van der Waals surface area contributed by atoms with Crippen molar-refractivity contribution in [3.63, 3.8) is 0 Å². The Kier molecular flexibility index (Phi) is 6.27. The van der Waals surface area contributed by atoms with E-state index in [1.54, 1.807) is 30.3 Å². The van der Waals surface area contributed by atoms with Crippen LogP contribution in [0.4, 0.5) is 11.4 Å². The van der Waals surface area contributed by atoms with Gasteiger partial charge in [-0.3, -0.25) is 24.6 Å². The average molecular weight is 474 g/mol. The fourth-order valence-electron chi connectivity index (χ4n) is 3.82. The molecule has 1 fully saturated rings. The first-order chi connectivity index (χ1) is 16.8. The number of Topliss-reactive ketones (excluding diaryl/α,β-unsaturated/α-hetero) is 1. The number of ketones is 1. The number of aliphatic hydroxyl groups excluding tert-OH is 1. The van der Waals surface area contributed by atoms with Gasteiger partial charge in [0, 0.05) is 23.4 Å². The number of ether oxygens (including phenoxy) is 1. The highest BCUT2D eigenvalue weighted by Gasteiger charge is 2.47. The molecule has 1 unspecified atom stereocenters. The molecule has 0 radical (unpaired) electrons. The minimum Gasteiger partial charge on any atom is -0.507 e. The Hall–Kier alpha value is -4.99. The maximum Gasteiger partial charge on any atom is 0.341 e. The molecule has 0 aromatic heterocycles. The molecule has 10 nitrogen and oxygen atoms in total. The molecule has 3 aromatic rings. The van der Waals surface area contributed by atoms with Crippen LogP contribution in [0.3, 0.4) is 0 Å². The lowest BCUT2D eigenvalue weighted by Gasteiger charge is -2.25. The minimum atomic E-state index is -1.16. The zero-order valence-corrected chi connectivity index (χ0v) is 18.0. The number of anilines is 1. The summed E-state index contributed by atoms with van der Waals surface area (Å²) in [6, 6.07) is 18.3. The van der Waals surface area contributed by atoms with Crippen molar-refractivity contribution in [1.29, 1.82) is 0 Å². The zero-order chi connectivity index (χ0) is 25.1. The normalized spacial score (nSPS) is 16.8. The monoisotopic (exact) mass is 474 g/mol. The molecule has 0 saturated carbocycles. The fraction of sp³-hybridized carbons (Fsp3) is 0.0800. The molecule has 0 spiro atoms. The Labute approximate surface area is 198 Å². The van der Waals surface area contributed by atoms with Crippen molar-refractivity contribution in [2.75, 3.05) is 11.5 Å². The Morgan fingerprint density at radius 1 is 0.971 bits per heavy atom. The van der Waals surface area contributed by atoms with Gasteiger partial charge in [0.15, 0.2) is 6.61 Å². The first-order valence-corrected chi connectivity index (χ1v) is 10.3. The zero-order valence-electron chi connectivity index (χ0n) is 18.0. The molecule has 4 rings (SSSR count). The fourth-order valence-corrected chi connectivity index (χ4v) is 3.82. The lowest BCUT2D eigenvalue weighted by molar-refractivity contribution is -0.384. The topological polar surface area (TPSA) is 147 Å². The number of hydrogen-bond donors (Lipinski definition) is 2. The number of rotatable bonds is 7. The number of amides is 1. The molecule has 10 heteroatoms. The van der Waals surface area contributed by atoms with Crippen molar-refractivity contribution in [2.24, 2.45) is 0 Å². The number of nitro groups is 1. The van der Waals surface area contributed by atoms with Crippen LogP contribution in [0.25, 0.3) is 5.76 Å². The molecule has 1 aliphatic rings. The van der Waals surface area contributed by atoms with E-state index < -0.39 is 41.0 Å². The van der Waals surface area contributed by atoms with E-state index in [4.69, 9.17) is 9.84 Å². The van der Waals surface area contributed by atoms with Crippen LogP contribution in [0.15, 0.2) is 84.4 Å². The molecule has 1 heterocycles. The molecular formula is C25H18N2O8. The number of carboxylic acids is 1. The molecule has 2 N–H and O–H groups in total. The van der Waals surface area contributed by atoms with E-state index in [2.05, 4.69) is 0 Å². The van der Waals surface area contributed by atoms with E-state index >= 15 is 0 Å². The molecule has 1 atom stereocenters. The summed E-state index contributed by atoms with van der Waals surface area (Å²) in [5.74, 6) is -3.23. The van der Waals surface area contributed by atoms with Crippen LogP contribution in [0.2, 0.25) is 0 Å². The second-order valence-electron chi connectivity index (χ2n) is 7.56. The lowest BCUT2D eigenvalue weighted by Crippen LogP contribution is -2.29. The summed E-state index contributed by atoms with van der Waals surface area (Å²) in [5.41, 5.74) is 0.344. The molecule has 3 aromatic carbocycles. The number of benzene rings is 3. The largest absolute Gasteiger partial charge is 0.507 e. The van der Waals surface area contributed by atoms with Crippen molar-refractivity contribution in [3.05, 3.63) is 106 Å². The third-order valence-corrected chi connectivity index (χ3v) is 5.37. The third kappa shape index (κ3) is 4.58. The summed E-state index contributed by atoms with van der Waals surface area (Å²) < 4.78 is 5.11.